The van der Waals surface area contributed by atoms with Crippen molar-refractivity contribution in [1.29, 1.82) is 0 Å². The summed E-state index contributed by atoms with van der Waals surface area (Å²) in [5.41, 5.74) is 1.54. The van der Waals surface area contributed by atoms with Crippen LogP contribution < -0.4 is 16.0 Å². The van der Waals surface area contributed by atoms with Crippen molar-refractivity contribution in [1.82, 2.24) is 20.9 Å². The quantitative estimate of drug-likeness (QED) is 0.0931. The van der Waals surface area contributed by atoms with Crippen LogP contribution in [-0.2, 0) is 24.1 Å². The molecule has 0 radical (unpaired) electrons. The van der Waals surface area contributed by atoms with Gasteiger partial charge in [-0.1, -0.05) is 91.0 Å². The lowest BCUT2D eigenvalue weighted by atomic mass is 9.90. The molecule has 0 bridgehead atoms. The van der Waals surface area contributed by atoms with Crippen LogP contribution in [0.15, 0.2) is 91.0 Å². The number of amides is 2. The molecule has 3 rings (SSSR count). The van der Waals surface area contributed by atoms with Gasteiger partial charge in [-0.25, -0.2) is 9.59 Å². The second-order valence-electron chi connectivity index (χ2n) is 14.2. The Hall–Kier alpha value is -3.96. The van der Waals surface area contributed by atoms with Gasteiger partial charge in [-0.15, -0.1) is 0 Å². The summed E-state index contributed by atoms with van der Waals surface area (Å²) in [5.74, 6) is 0. The molecule has 0 aromatic heterocycles. The van der Waals surface area contributed by atoms with Crippen molar-refractivity contribution in [2.45, 2.75) is 102 Å². The van der Waals surface area contributed by atoms with E-state index < -0.39 is 47.6 Å². The summed E-state index contributed by atoms with van der Waals surface area (Å²) in [5, 5.41) is 42.7. The van der Waals surface area contributed by atoms with Gasteiger partial charge in [0.2, 0.25) is 0 Å². The summed E-state index contributed by atoms with van der Waals surface area (Å²) in [7, 11) is 0. The molecule has 3 aromatic carbocycles. The Labute approximate surface area is 291 Å². The maximum atomic E-state index is 12.9. The van der Waals surface area contributed by atoms with Gasteiger partial charge in [0.1, 0.15) is 5.60 Å². The van der Waals surface area contributed by atoms with E-state index in [4.69, 9.17) is 4.74 Å². The molecule has 0 heterocycles. The molecular weight excluding hydrogens is 620 g/mol. The Morgan fingerprint density at radius 2 is 1.24 bits per heavy atom. The Bertz CT molecular complexity index is 1380. The normalized spacial score (nSPS) is 14.3. The molecule has 0 saturated heterocycles. The van der Waals surface area contributed by atoms with Gasteiger partial charge in [-0.05, 0) is 83.5 Å². The first-order chi connectivity index (χ1) is 23.2. The van der Waals surface area contributed by atoms with Crippen LogP contribution in [-0.4, -0.2) is 87.5 Å². The van der Waals surface area contributed by atoms with Gasteiger partial charge in [0.25, 0.3) is 0 Å². The number of nitrogens with one attached hydrogen (secondary N) is 3. The van der Waals surface area contributed by atoms with E-state index in [9.17, 15) is 24.9 Å². The second kappa shape index (κ2) is 19.3. The third kappa shape index (κ3) is 14.2. The summed E-state index contributed by atoms with van der Waals surface area (Å²) in [4.78, 5) is 26.9. The number of alkyl carbamates (subject to hydrolysis) is 1. The number of ether oxygens (including phenoxy) is 1. The summed E-state index contributed by atoms with van der Waals surface area (Å²) in [6.07, 6.45) is -1.85. The zero-order valence-corrected chi connectivity index (χ0v) is 29.6. The molecule has 0 aliphatic heterocycles. The van der Waals surface area contributed by atoms with Crippen molar-refractivity contribution in [3.8, 4) is 0 Å². The average Bonchev–Trinajstić information content (AvgIpc) is 3.04. The molecule has 6 N–H and O–H groups in total. The summed E-state index contributed by atoms with van der Waals surface area (Å²) in [6.45, 7) is 10.6. The molecule has 0 unspecified atom stereocenters. The number of rotatable bonds is 19. The van der Waals surface area contributed by atoms with Crippen molar-refractivity contribution in [2.24, 2.45) is 0 Å². The first-order valence-electron chi connectivity index (χ1n) is 17.2. The number of hydrogen-bond acceptors (Lipinski definition) is 7. The molecule has 0 fully saturated rings. The van der Waals surface area contributed by atoms with E-state index in [2.05, 4.69) is 28.1 Å². The second-order valence-corrected chi connectivity index (χ2v) is 14.2. The van der Waals surface area contributed by atoms with E-state index in [1.807, 2.05) is 92.7 Å². The van der Waals surface area contributed by atoms with Crippen molar-refractivity contribution >= 4 is 12.2 Å². The van der Waals surface area contributed by atoms with Crippen LogP contribution in [0.3, 0.4) is 0 Å². The van der Waals surface area contributed by atoms with Gasteiger partial charge in [0.15, 0.2) is 0 Å². The fourth-order valence-electron chi connectivity index (χ4n) is 5.97. The van der Waals surface area contributed by atoms with Crippen LogP contribution in [0.1, 0.15) is 64.2 Å². The topological polar surface area (TPSA) is 143 Å². The van der Waals surface area contributed by atoms with Gasteiger partial charge in [-0.3, -0.25) is 4.90 Å². The predicted molar refractivity (Wildman–Crippen MR) is 193 cm³/mol. The number of carbonyl (C=O) groups excluding carboxylic acids is 1. The zero-order valence-electron chi connectivity index (χ0n) is 29.6. The minimum atomic E-state index is -1.10. The molecule has 0 spiro atoms. The number of aliphatic hydroxyl groups excluding tert-OH is 2. The number of carboxylic acid groups (broad SMARTS) is 1. The molecule has 0 aliphatic carbocycles. The van der Waals surface area contributed by atoms with Gasteiger partial charge < -0.3 is 36.0 Å². The van der Waals surface area contributed by atoms with Crippen molar-refractivity contribution < 1.29 is 29.6 Å². The first-order valence-corrected chi connectivity index (χ1v) is 17.2. The molecular formula is C39H56N4O6. The number of nitrogens with zero attached hydrogens (tertiary/aromatic N) is 1. The third-order valence-corrected chi connectivity index (χ3v) is 8.41. The van der Waals surface area contributed by atoms with Crippen LogP contribution in [0.4, 0.5) is 9.59 Å². The highest BCUT2D eigenvalue weighted by Gasteiger charge is 2.39. The lowest BCUT2D eigenvalue weighted by Gasteiger charge is -2.44. The minimum absolute atomic E-state index is 0.0253. The van der Waals surface area contributed by atoms with E-state index in [1.165, 1.54) is 10.5 Å². The van der Waals surface area contributed by atoms with Crippen molar-refractivity contribution in [2.75, 3.05) is 19.6 Å². The van der Waals surface area contributed by atoms with Gasteiger partial charge in [-0.2, -0.15) is 0 Å². The van der Waals surface area contributed by atoms with E-state index in [0.717, 1.165) is 30.6 Å². The summed E-state index contributed by atoms with van der Waals surface area (Å²) < 4.78 is 5.44. The highest BCUT2D eigenvalue weighted by atomic mass is 16.6. The first kappa shape index (κ1) is 39.5. The number of benzene rings is 3. The molecule has 268 valence electrons. The Morgan fingerprint density at radius 3 is 1.78 bits per heavy atom. The van der Waals surface area contributed by atoms with Crippen molar-refractivity contribution in [3.63, 3.8) is 0 Å². The van der Waals surface area contributed by atoms with Crippen LogP contribution in [0, 0.1) is 0 Å². The fraction of sp³-hybridized carbons (Fsp3) is 0.487. The van der Waals surface area contributed by atoms with Crippen LogP contribution >= 0.6 is 0 Å². The smallest absolute Gasteiger partial charge is 0.408 e. The lowest BCUT2D eigenvalue weighted by Crippen LogP contribution is -2.59. The molecule has 0 aliphatic rings. The monoisotopic (exact) mass is 676 g/mol. The van der Waals surface area contributed by atoms with E-state index in [1.54, 1.807) is 20.8 Å². The minimum Gasteiger partial charge on any atom is -0.465 e. The largest absolute Gasteiger partial charge is 0.465 e. The van der Waals surface area contributed by atoms with E-state index in [-0.39, 0.29) is 13.1 Å². The number of hydrogen-bond donors (Lipinski definition) is 6. The standard InChI is InChI=1S/C39H56N4O6/c1-38(2,3)49-36(46)42-32(24-29-16-9-6-10-17-29)34(44)27-41-28-35(45)33(25-30-18-11-7-12-19-30)43(37(47)48)39(4,5)22-15-23-40-26-31-20-13-8-14-21-31/h6-14,16-21,32-35,40-41,44-45H,15,22-28H2,1-5H3,(H,42,46)(H,47,48)/t32-,33-,34+,35+/m0/s1. The lowest BCUT2D eigenvalue weighted by molar-refractivity contribution is -0.00270. The molecule has 0 saturated carbocycles. The number of aliphatic hydroxyl groups is 2. The predicted octanol–water partition coefficient (Wildman–Crippen LogP) is 5.37. The highest BCUT2D eigenvalue weighted by Crippen LogP contribution is 2.27. The van der Waals surface area contributed by atoms with Gasteiger partial charge in [0, 0.05) is 25.2 Å². The maximum absolute atomic E-state index is 12.9. The molecule has 49 heavy (non-hydrogen) atoms. The molecule has 4 atom stereocenters. The molecule has 3 aromatic rings. The molecule has 2 amide bonds. The summed E-state index contributed by atoms with van der Waals surface area (Å²) in [6, 6.07) is 27.7. The van der Waals surface area contributed by atoms with Gasteiger partial charge >= 0.3 is 12.2 Å². The molecule has 10 heteroatoms. The van der Waals surface area contributed by atoms with Crippen LogP contribution in [0.25, 0.3) is 0 Å². The Kier molecular flexibility index (Phi) is 15.5. The van der Waals surface area contributed by atoms with Crippen LogP contribution in [0.5, 0.6) is 0 Å². The number of carbonyl (C=O) groups is 2. The van der Waals surface area contributed by atoms with E-state index in [0.29, 0.717) is 19.3 Å². The Balaban J connectivity index is 1.68. The molecule has 10 nitrogen and oxygen atoms in total. The van der Waals surface area contributed by atoms with Crippen LogP contribution in [0.2, 0.25) is 0 Å². The fourth-order valence-corrected chi connectivity index (χ4v) is 5.97. The SMILES string of the molecule is CC(C)(C)OC(=O)N[C@@H](Cc1ccccc1)[C@H](O)CNC[C@@H](O)[C@H](Cc1ccccc1)N(C(=O)O)C(C)(C)CCCNCc1ccccc1. The average molecular weight is 677 g/mol. The highest BCUT2D eigenvalue weighted by molar-refractivity contribution is 5.68. The zero-order chi connectivity index (χ0) is 35.9. The Morgan fingerprint density at radius 1 is 0.735 bits per heavy atom. The summed E-state index contributed by atoms with van der Waals surface area (Å²) >= 11 is 0. The van der Waals surface area contributed by atoms with E-state index >= 15 is 0 Å². The van der Waals surface area contributed by atoms with Crippen molar-refractivity contribution in [3.05, 3.63) is 108 Å². The third-order valence-electron chi connectivity index (χ3n) is 8.41. The van der Waals surface area contributed by atoms with Gasteiger partial charge in [0.05, 0.1) is 24.3 Å². The maximum Gasteiger partial charge on any atom is 0.408 e.